The summed E-state index contributed by atoms with van der Waals surface area (Å²) < 4.78 is 7.80. The van der Waals surface area contributed by atoms with E-state index in [-0.39, 0.29) is 16.2 Å². The van der Waals surface area contributed by atoms with Gasteiger partial charge in [0.15, 0.2) is 4.77 Å². The molecule has 2 N–H and O–H groups in total. The number of hydrogen-bond donors (Lipinski definition) is 2. The predicted octanol–water partition coefficient (Wildman–Crippen LogP) is 5.44. The van der Waals surface area contributed by atoms with Gasteiger partial charge in [-0.1, -0.05) is 18.2 Å². The maximum atomic E-state index is 12.3. The molecule has 4 rings (SSSR count). The molecule has 1 aliphatic heterocycles. The third-order valence-electron chi connectivity index (χ3n) is 4.06. The highest BCUT2D eigenvalue weighted by Crippen LogP contribution is 2.29. The Labute approximate surface area is 178 Å². The Balaban J connectivity index is 1.72. The molecule has 0 unspecified atom stereocenters. The van der Waals surface area contributed by atoms with Crippen LogP contribution in [-0.2, 0) is 0 Å². The highest BCUT2D eigenvalue weighted by Gasteiger charge is 2.15. The number of nitrogens with zero attached hydrogens (tertiary/aromatic N) is 3. The minimum Gasteiger partial charge on any atom is -0.494 e. The molecule has 0 radical (unpaired) electrons. The first-order valence-electron chi connectivity index (χ1n) is 8.43. The molecule has 7 nitrogen and oxygen atoms in total. The largest absolute Gasteiger partial charge is 0.494 e. The summed E-state index contributed by atoms with van der Waals surface area (Å²) in [6.07, 6.45) is 2.93. The van der Waals surface area contributed by atoms with Crippen molar-refractivity contribution in [3.63, 3.8) is 0 Å². The molecular weight excluding hydrogens is 456 g/mol. The van der Waals surface area contributed by atoms with Crippen LogP contribution in [0.15, 0.2) is 86.0 Å². The number of hydrogen-bond acceptors (Lipinski definition) is 6. The minimum atomic E-state index is -0.525. The van der Waals surface area contributed by atoms with Crippen LogP contribution in [0, 0.1) is 4.77 Å². The lowest BCUT2D eigenvalue weighted by atomic mass is 10.2. The fourth-order valence-corrected chi connectivity index (χ4v) is 3.26. The van der Waals surface area contributed by atoms with Crippen LogP contribution in [0.5, 0.6) is 17.4 Å². The number of aromatic amines is 1. The molecule has 29 heavy (non-hydrogen) atoms. The Morgan fingerprint density at radius 3 is 2.45 bits per heavy atom. The van der Waals surface area contributed by atoms with Gasteiger partial charge in [0, 0.05) is 0 Å². The molecular formula is C20H13BrN4O3S. The number of nitrogens with one attached hydrogen (secondary N) is 1. The molecule has 0 spiro atoms. The van der Waals surface area contributed by atoms with Crippen molar-refractivity contribution >= 4 is 34.2 Å². The van der Waals surface area contributed by atoms with E-state index in [1.165, 1.54) is 16.8 Å². The normalized spacial score (nSPS) is 14.2. The number of halogens is 1. The Kier molecular flexibility index (Phi) is 5.24. The van der Waals surface area contributed by atoms with Crippen LogP contribution < -0.4 is 10.3 Å². The van der Waals surface area contributed by atoms with E-state index < -0.39 is 5.56 Å². The van der Waals surface area contributed by atoms with Gasteiger partial charge in [0.05, 0.1) is 16.4 Å². The molecule has 0 saturated carbocycles. The fraction of sp³-hybridized carbons (Fsp3) is 0. The second-order valence-corrected chi connectivity index (χ2v) is 7.20. The van der Waals surface area contributed by atoms with Crippen molar-refractivity contribution in [2.75, 3.05) is 0 Å². The van der Waals surface area contributed by atoms with E-state index >= 15 is 0 Å². The number of allylic oxidation sites excluding steroid dienone is 1. The topological polar surface area (TPSA) is 92.0 Å². The van der Waals surface area contributed by atoms with Crippen molar-refractivity contribution in [2.45, 2.75) is 0 Å². The van der Waals surface area contributed by atoms with Gasteiger partial charge in [-0.15, -0.1) is 5.11 Å². The summed E-state index contributed by atoms with van der Waals surface area (Å²) in [7, 11) is 0. The molecule has 9 heteroatoms. The molecule has 0 bridgehead atoms. The number of rotatable bonds is 4. The zero-order valence-electron chi connectivity index (χ0n) is 14.7. The zero-order chi connectivity index (χ0) is 20.4. The molecule has 3 aromatic rings. The Morgan fingerprint density at radius 1 is 1.10 bits per heavy atom. The van der Waals surface area contributed by atoms with E-state index in [2.05, 4.69) is 31.1 Å². The fourth-order valence-electron chi connectivity index (χ4n) is 2.69. The van der Waals surface area contributed by atoms with Gasteiger partial charge < -0.3 is 9.84 Å². The highest BCUT2D eigenvalue weighted by molar-refractivity contribution is 9.12. The molecule has 0 amide bonds. The number of ether oxygens (including phenoxy) is 1. The van der Waals surface area contributed by atoms with E-state index in [9.17, 15) is 9.90 Å². The van der Waals surface area contributed by atoms with Crippen LogP contribution >= 0.6 is 28.1 Å². The molecule has 1 aromatic heterocycles. The molecule has 0 aliphatic carbocycles. The number of benzene rings is 2. The van der Waals surface area contributed by atoms with Gasteiger partial charge in [0.2, 0.25) is 5.88 Å². The average Bonchev–Trinajstić information content (AvgIpc) is 3.12. The van der Waals surface area contributed by atoms with E-state index in [4.69, 9.17) is 17.0 Å². The number of aromatic hydroxyl groups is 1. The van der Waals surface area contributed by atoms with Crippen molar-refractivity contribution < 1.29 is 9.84 Å². The Hall–Kier alpha value is -3.30. The SMILES string of the molecule is O=c1[nH]c(=S)n(-c2ccc(Oc3ccccc3)cc2)c(O)c1C=C1N=NC=C1Br. The Morgan fingerprint density at radius 2 is 1.79 bits per heavy atom. The summed E-state index contributed by atoms with van der Waals surface area (Å²) in [6.45, 7) is 0. The van der Waals surface area contributed by atoms with Crippen molar-refractivity contribution in [2.24, 2.45) is 10.2 Å². The molecule has 2 aromatic carbocycles. The molecule has 1 aliphatic rings. The standard InChI is InChI=1S/C20H13BrN4O3S/c21-16-11-22-24-17(16)10-15-18(26)23-20(29)25(19(15)27)12-6-8-14(9-7-12)28-13-4-2-1-3-5-13/h1-11,27H,(H,23,26,29). The van der Waals surface area contributed by atoms with Gasteiger partial charge in [-0.3, -0.25) is 14.3 Å². The monoisotopic (exact) mass is 468 g/mol. The van der Waals surface area contributed by atoms with Gasteiger partial charge in [-0.25, -0.2) is 0 Å². The number of H-pyrrole nitrogens is 1. The quantitative estimate of drug-likeness (QED) is 0.498. The van der Waals surface area contributed by atoms with Crippen molar-refractivity contribution in [3.05, 3.63) is 91.7 Å². The van der Waals surface area contributed by atoms with Crippen LogP contribution in [-0.4, -0.2) is 14.7 Å². The Bertz CT molecular complexity index is 1280. The first-order valence-corrected chi connectivity index (χ1v) is 9.63. The third-order valence-corrected chi connectivity index (χ3v) is 4.95. The molecule has 144 valence electrons. The summed E-state index contributed by atoms with van der Waals surface area (Å²) in [5, 5.41) is 18.4. The first kappa shape index (κ1) is 19.0. The molecule has 0 fully saturated rings. The second-order valence-electron chi connectivity index (χ2n) is 5.96. The van der Waals surface area contributed by atoms with E-state index in [0.29, 0.717) is 27.4 Å². The van der Waals surface area contributed by atoms with Crippen LogP contribution in [0.25, 0.3) is 11.8 Å². The van der Waals surface area contributed by atoms with E-state index in [0.717, 1.165) is 0 Å². The summed E-state index contributed by atoms with van der Waals surface area (Å²) in [4.78, 5) is 14.9. The van der Waals surface area contributed by atoms with Crippen LogP contribution in [0.2, 0.25) is 0 Å². The maximum Gasteiger partial charge on any atom is 0.262 e. The van der Waals surface area contributed by atoms with Gasteiger partial charge in [-0.05, 0) is 70.6 Å². The second kappa shape index (κ2) is 7.98. The summed E-state index contributed by atoms with van der Waals surface area (Å²) in [6, 6.07) is 16.3. The lowest BCUT2D eigenvalue weighted by molar-refractivity contribution is 0.431. The third kappa shape index (κ3) is 3.96. The lowest BCUT2D eigenvalue weighted by Crippen LogP contribution is -2.16. The molecule has 0 saturated heterocycles. The number of aromatic nitrogens is 2. The summed E-state index contributed by atoms with van der Waals surface area (Å²) in [5.41, 5.74) is 0.472. The van der Waals surface area contributed by atoms with Crippen LogP contribution in [0.1, 0.15) is 5.56 Å². The number of para-hydroxylation sites is 1. The highest BCUT2D eigenvalue weighted by atomic mass is 79.9. The van der Waals surface area contributed by atoms with Gasteiger partial charge in [0.25, 0.3) is 5.56 Å². The zero-order valence-corrected chi connectivity index (χ0v) is 17.1. The number of azo groups is 1. The first-order chi connectivity index (χ1) is 14.0. The molecule has 0 atom stereocenters. The minimum absolute atomic E-state index is 0.0180. The van der Waals surface area contributed by atoms with Crippen molar-refractivity contribution in [1.82, 2.24) is 9.55 Å². The van der Waals surface area contributed by atoms with Crippen molar-refractivity contribution in [3.8, 4) is 23.1 Å². The lowest BCUT2D eigenvalue weighted by Gasteiger charge is -2.12. The summed E-state index contributed by atoms with van der Waals surface area (Å²) >= 11 is 8.54. The smallest absolute Gasteiger partial charge is 0.262 e. The van der Waals surface area contributed by atoms with Crippen molar-refractivity contribution in [1.29, 1.82) is 0 Å². The van der Waals surface area contributed by atoms with Crippen LogP contribution in [0.4, 0.5) is 0 Å². The average molecular weight is 469 g/mol. The maximum absolute atomic E-state index is 12.3. The summed E-state index contributed by atoms with van der Waals surface area (Å²) in [5.74, 6) is 1.03. The van der Waals surface area contributed by atoms with Gasteiger partial charge in [-0.2, -0.15) is 5.11 Å². The molecule has 2 heterocycles. The van der Waals surface area contributed by atoms with Crippen LogP contribution in [0.3, 0.4) is 0 Å². The van der Waals surface area contributed by atoms with E-state index in [1.54, 1.807) is 24.3 Å². The van der Waals surface area contributed by atoms with E-state index in [1.807, 2.05) is 30.3 Å². The van der Waals surface area contributed by atoms with Gasteiger partial charge in [0.1, 0.15) is 22.8 Å². The predicted molar refractivity (Wildman–Crippen MR) is 115 cm³/mol. The van der Waals surface area contributed by atoms with Gasteiger partial charge >= 0.3 is 0 Å².